The van der Waals surface area contributed by atoms with E-state index in [9.17, 15) is 10.1 Å². The van der Waals surface area contributed by atoms with Crippen molar-refractivity contribution in [3.05, 3.63) is 78.1 Å². The largest absolute Gasteiger partial charge is 0.457 e. The Morgan fingerprint density at radius 2 is 1.84 bits per heavy atom. The monoisotopic (exact) mass is 426 g/mol. The maximum Gasteiger partial charge on any atom is 0.319 e. The van der Waals surface area contributed by atoms with Crippen LogP contribution in [0.2, 0.25) is 0 Å². The minimum Gasteiger partial charge on any atom is -0.457 e. The summed E-state index contributed by atoms with van der Waals surface area (Å²) in [5.74, 6) is 1.46. The van der Waals surface area contributed by atoms with E-state index in [-0.39, 0.29) is 6.03 Å². The number of carbonyl (C=O) groups is 1. The van der Waals surface area contributed by atoms with Crippen LogP contribution in [0.15, 0.2) is 67.0 Å². The van der Waals surface area contributed by atoms with Gasteiger partial charge in [-0.05, 0) is 50.2 Å². The molecular formula is C24H22N6O2. The van der Waals surface area contributed by atoms with Crippen LogP contribution >= 0.6 is 0 Å². The maximum absolute atomic E-state index is 12.0. The Bertz CT molecular complexity index is 1290. The molecule has 0 aliphatic carbocycles. The lowest BCUT2D eigenvalue weighted by Crippen LogP contribution is -2.28. The summed E-state index contributed by atoms with van der Waals surface area (Å²) < 4.78 is 7.48. The SMILES string of the molecule is CCNC(=O)Nc1cn2ncc(C#N)c(Nc3ccc(Oc4ccccc4)cc3)c2c1C. The van der Waals surface area contributed by atoms with Gasteiger partial charge >= 0.3 is 6.03 Å². The Hall–Kier alpha value is -4.51. The number of aromatic nitrogens is 2. The number of nitrogens with one attached hydrogen (secondary N) is 3. The number of hydrogen-bond acceptors (Lipinski definition) is 5. The number of carbonyl (C=O) groups excluding carboxylic acids is 1. The lowest BCUT2D eigenvalue weighted by atomic mass is 10.1. The maximum atomic E-state index is 12.0. The molecule has 0 atom stereocenters. The molecule has 2 heterocycles. The second-order valence-electron chi connectivity index (χ2n) is 7.05. The molecule has 32 heavy (non-hydrogen) atoms. The van der Waals surface area contributed by atoms with Crippen LogP contribution in [0.3, 0.4) is 0 Å². The van der Waals surface area contributed by atoms with Gasteiger partial charge in [0.25, 0.3) is 0 Å². The van der Waals surface area contributed by atoms with Crippen LogP contribution < -0.4 is 20.7 Å². The number of anilines is 3. The van der Waals surface area contributed by atoms with Gasteiger partial charge in [0, 0.05) is 17.8 Å². The molecule has 0 unspecified atom stereocenters. The lowest BCUT2D eigenvalue weighted by molar-refractivity contribution is 0.252. The van der Waals surface area contributed by atoms with Crippen LogP contribution in [0.5, 0.6) is 11.5 Å². The van der Waals surface area contributed by atoms with E-state index in [2.05, 4.69) is 27.1 Å². The fraction of sp³-hybridized carbons (Fsp3) is 0.125. The lowest BCUT2D eigenvalue weighted by Gasteiger charge is -2.12. The summed E-state index contributed by atoms with van der Waals surface area (Å²) in [7, 11) is 0. The van der Waals surface area contributed by atoms with E-state index in [1.54, 1.807) is 10.7 Å². The Morgan fingerprint density at radius 1 is 1.12 bits per heavy atom. The van der Waals surface area contributed by atoms with Gasteiger partial charge in [-0.25, -0.2) is 9.31 Å². The topological polar surface area (TPSA) is 103 Å². The average molecular weight is 426 g/mol. The first kappa shape index (κ1) is 20.8. The molecule has 8 nitrogen and oxygen atoms in total. The molecular weight excluding hydrogens is 404 g/mol. The van der Waals surface area contributed by atoms with E-state index >= 15 is 0 Å². The molecule has 8 heteroatoms. The second kappa shape index (κ2) is 9.10. The van der Waals surface area contributed by atoms with Crippen LogP contribution in [0.4, 0.5) is 21.9 Å². The highest BCUT2D eigenvalue weighted by Crippen LogP contribution is 2.33. The van der Waals surface area contributed by atoms with Gasteiger partial charge in [0.15, 0.2) is 0 Å². The van der Waals surface area contributed by atoms with E-state index in [1.807, 2.05) is 68.4 Å². The Morgan fingerprint density at radius 3 is 2.53 bits per heavy atom. The molecule has 0 aliphatic rings. The molecule has 2 amide bonds. The number of fused-ring (bicyclic) bond motifs is 1. The van der Waals surface area contributed by atoms with Crippen molar-refractivity contribution in [2.45, 2.75) is 13.8 Å². The zero-order valence-electron chi connectivity index (χ0n) is 17.7. The summed E-state index contributed by atoms with van der Waals surface area (Å²) in [5, 5.41) is 22.8. The fourth-order valence-electron chi connectivity index (χ4n) is 3.33. The van der Waals surface area contributed by atoms with E-state index in [0.29, 0.717) is 34.7 Å². The number of urea groups is 1. The smallest absolute Gasteiger partial charge is 0.319 e. The van der Waals surface area contributed by atoms with Crippen molar-refractivity contribution < 1.29 is 9.53 Å². The molecule has 0 spiro atoms. The highest BCUT2D eigenvalue weighted by atomic mass is 16.5. The normalized spacial score (nSPS) is 10.4. The van der Waals surface area contributed by atoms with Crippen LogP contribution in [-0.4, -0.2) is 22.2 Å². The summed E-state index contributed by atoms with van der Waals surface area (Å²) in [4.78, 5) is 12.0. The number of hydrogen-bond donors (Lipinski definition) is 3. The molecule has 0 saturated heterocycles. The van der Waals surface area contributed by atoms with Crippen LogP contribution in [0, 0.1) is 18.3 Å². The van der Waals surface area contributed by atoms with E-state index in [0.717, 1.165) is 17.0 Å². The molecule has 2 aromatic carbocycles. The third-order valence-corrected chi connectivity index (χ3v) is 4.87. The van der Waals surface area contributed by atoms with E-state index in [1.165, 1.54) is 6.20 Å². The third-order valence-electron chi connectivity index (χ3n) is 4.87. The number of amides is 2. The van der Waals surface area contributed by atoms with Crippen LogP contribution in [0.1, 0.15) is 18.1 Å². The number of benzene rings is 2. The number of nitrogens with zero attached hydrogens (tertiary/aromatic N) is 3. The van der Waals surface area contributed by atoms with Gasteiger partial charge in [-0.3, -0.25) is 0 Å². The van der Waals surface area contributed by atoms with Gasteiger partial charge in [-0.1, -0.05) is 18.2 Å². The van der Waals surface area contributed by atoms with Crippen LogP contribution in [-0.2, 0) is 0 Å². The highest BCUT2D eigenvalue weighted by molar-refractivity contribution is 5.94. The molecule has 0 bridgehead atoms. The molecule has 4 rings (SSSR count). The molecule has 160 valence electrons. The number of para-hydroxylation sites is 1. The summed E-state index contributed by atoms with van der Waals surface area (Å²) in [6, 6.07) is 18.9. The average Bonchev–Trinajstić information content (AvgIpc) is 3.11. The molecule has 0 radical (unpaired) electrons. The van der Waals surface area contributed by atoms with Crippen molar-refractivity contribution in [3.8, 4) is 17.6 Å². The van der Waals surface area contributed by atoms with Gasteiger partial charge in [0.05, 0.1) is 34.8 Å². The predicted molar refractivity (Wildman–Crippen MR) is 124 cm³/mol. The van der Waals surface area contributed by atoms with E-state index in [4.69, 9.17) is 4.74 Å². The molecule has 2 aromatic heterocycles. The Labute approximate surface area is 185 Å². The van der Waals surface area contributed by atoms with Crippen LogP contribution in [0.25, 0.3) is 5.52 Å². The van der Waals surface area contributed by atoms with Gasteiger partial charge < -0.3 is 20.7 Å². The quantitative estimate of drug-likeness (QED) is 0.394. The Balaban J connectivity index is 1.63. The summed E-state index contributed by atoms with van der Waals surface area (Å²) >= 11 is 0. The number of rotatable bonds is 6. The Kier molecular flexibility index (Phi) is 5.90. The number of ether oxygens (including phenoxy) is 1. The summed E-state index contributed by atoms with van der Waals surface area (Å²) in [6.07, 6.45) is 3.22. The molecule has 0 aliphatic heterocycles. The van der Waals surface area contributed by atoms with Crippen molar-refractivity contribution in [1.29, 1.82) is 5.26 Å². The minimum absolute atomic E-state index is 0.296. The van der Waals surface area contributed by atoms with Gasteiger partial charge in [-0.2, -0.15) is 10.4 Å². The summed E-state index contributed by atoms with van der Waals surface area (Å²) in [6.45, 7) is 4.25. The number of nitriles is 1. The predicted octanol–water partition coefficient (Wildman–Crippen LogP) is 5.19. The van der Waals surface area contributed by atoms with Gasteiger partial charge in [0.2, 0.25) is 0 Å². The molecule has 4 aromatic rings. The van der Waals surface area contributed by atoms with Crippen molar-refractivity contribution in [3.63, 3.8) is 0 Å². The fourth-order valence-corrected chi connectivity index (χ4v) is 3.33. The first-order valence-electron chi connectivity index (χ1n) is 10.1. The molecule has 0 fully saturated rings. The molecule has 0 saturated carbocycles. The van der Waals surface area contributed by atoms with Gasteiger partial charge in [0.1, 0.15) is 17.6 Å². The zero-order chi connectivity index (χ0) is 22.5. The van der Waals surface area contributed by atoms with Gasteiger partial charge in [-0.15, -0.1) is 0 Å². The zero-order valence-corrected chi connectivity index (χ0v) is 17.7. The third kappa shape index (κ3) is 4.32. The summed E-state index contributed by atoms with van der Waals surface area (Å²) in [5.41, 5.74) is 3.92. The standard InChI is InChI=1S/C24H22N6O2/c1-3-26-24(31)29-21-15-30-23(16(21)2)22(17(13-25)14-27-30)28-18-9-11-20(12-10-18)32-19-7-5-4-6-8-19/h4-12,14-15,28H,3H2,1-2H3,(H2,26,29,31). The molecule has 3 N–H and O–H groups in total. The minimum atomic E-state index is -0.296. The number of aryl methyl sites for hydroxylation is 1. The van der Waals surface area contributed by atoms with E-state index < -0.39 is 0 Å². The van der Waals surface area contributed by atoms with Crippen molar-refractivity contribution in [1.82, 2.24) is 14.9 Å². The highest BCUT2D eigenvalue weighted by Gasteiger charge is 2.17. The first-order valence-corrected chi connectivity index (χ1v) is 10.1. The van der Waals surface area contributed by atoms with Crippen molar-refractivity contribution in [2.24, 2.45) is 0 Å². The van der Waals surface area contributed by atoms with Crippen molar-refractivity contribution in [2.75, 3.05) is 17.2 Å². The first-order chi connectivity index (χ1) is 15.6. The second-order valence-corrected chi connectivity index (χ2v) is 7.05. The van der Waals surface area contributed by atoms with Crippen molar-refractivity contribution >= 4 is 28.6 Å².